The summed E-state index contributed by atoms with van der Waals surface area (Å²) in [6, 6.07) is 8.88. The topological polar surface area (TPSA) is 66.1 Å². The minimum Gasteiger partial charge on any atom is -0.465 e. The summed E-state index contributed by atoms with van der Waals surface area (Å²) in [6.45, 7) is 2.05. The van der Waals surface area contributed by atoms with E-state index in [2.05, 4.69) is 4.98 Å². The Morgan fingerprint density at radius 2 is 2.04 bits per heavy atom. The Morgan fingerprint density at radius 3 is 2.71 bits per heavy atom. The normalized spacial score (nSPS) is 11.0. The molecule has 0 N–H and O–H groups in total. The van der Waals surface area contributed by atoms with E-state index in [0.717, 1.165) is 5.56 Å². The number of rotatable bonds is 3. The molecule has 0 aliphatic heterocycles. The third-order valence-corrected chi connectivity index (χ3v) is 4.30. The van der Waals surface area contributed by atoms with Crippen molar-refractivity contribution in [3.8, 4) is 0 Å². The second kappa shape index (κ2) is 6.13. The first-order valence-electron chi connectivity index (χ1n) is 7.33. The first-order valence-corrected chi connectivity index (χ1v) is 7.70. The summed E-state index contributed by atoms with van der Waals surface area (Å²) in [4.78, 5) is 29.3. The van der Waals surface area contributed by atoms with E-state index in [0.29, 0.717) is 16.4 Å². The minimum atomic E-state index is -0.557. The van der Waals surface area contributed by atoms with E-state index in [4.69, 9.17) is 16.3 Å². The first-order chi connectivity index (χ1) is 11.4. The van der Waals surface area contributed by atoms with Gasteiger partial charge in [-0.05, 0) is 24.6 Å². The molecule has 0 saturated carbocycles. The summed E-state index contributed by atoms with van der Waals surface area (Å²) in [6.07, 6.45) is 0. The largest absolute Gasteiger partial charge is 0.465 e. The summed E-state index contributed by atoms with van der Waals surface area (Å²) in [7, 11) is 3.02. The molecule has 0 radical (unpaired) electrons. The number of ether oxygens (including phenoxy) is 1. The fourth-order valence-corrected chi connectivity index (χ4v) is 2.91. The van der Waals surface area contributed by atoms with Crippen LogP contribution in [-0.2, 0) is 18.3 Å². The van der Waals surface area contributed by atoms with Gasteiger partial charge in [0.1, 0.15) is 5.39 Å². The number of carbonyl (C=O) groups excluding carboxylic acids is 1. The maximum absolute atomic E-state index is 12.9. The number of hydrogen-bond donors (Lipinski definition) is 0. The molecule has 0 aliphatic rings. The van der Waals surface area contributed by atoms with Crippen molar-refractivity contribution in [2.45, 2.75) is 13.5 Å². The van der Waals surface area contributed by atoms with Crippen molar-refractivity contribution < 1.29 is 9.53 Å². The summed E-state index contributed by atoms with van der Waals surface area (Å²) in [5.41, 5.74) is 1.79. The van der Waals surface area contributed by atoms with Crippen molar-refractivity contribution in [1.29, 1.82) is 0 Å². The van der Waals surface area contributed by atoms with Crippen LogP contribution in [0.15, 0.2) is 35.1 Å². The molecular weight excluding hydrogens is 330 g/mol. The van der Waals surface area contributed by atoms with Crippen LogP contribution in [0.3, 0.4) is 0 Å². The van der Waals surface area contributed by atoms with Gasteiger partial charge in [-0.1, -0.05) is 29.8 Å². The van der Waals surface area contributed by atoms with E-state index >= 15 is 0 Å². The molecule has 0 unspecified atom stereocenters. The zero-order valence-electron chi connectivity index (χ0n) is 13.5. The summed E-state index contributed by atoms with van der Waals surface area (Å²) in [5, 5.41) is 0.828. The second-order valence-electron chi connectivity index (χ2n) is 5.48. The third-order valence-electron chi connectivity index (χ3n) is 3.93. The Morgan fingerprint density at radius 1 is 1.33 bits per heavy atom. The van der Waals surface area contributed by atoms with E-state index in [9.17, 15) is 9.59 Å². The fraction of sp³-hybridized carbons (Fsp3) is 0.235. The van der Waals surface area contributed by atoms with E-state index in [1.165, 1.54) is 11.8 Å². The molecule has 24 heavy (non-hydrogen) atoms. The molecule has 0 spiro atoms. The van der Waals surface area contributed by atoms with Gasteiger partial charge in [0.2, 0.25) is 0 Å². The molecule has 3 aromatic rings. The average Bonchev–Trinajstić information content (AvgIpc) is 2.80. The molecule has 124 valence electrons. The van der Waals surface area contributed by atoms with E-state index in [-0.39, 0.29) is 23.1 Å². The van der Waals surface area contributed by atoms with E-state index in [1.807, 2.05) is 18.2 Å². The Hall–Kier alpha value is -2.60. The van der Waals surface area contributed by atoms with Crippen LogP contribution in [0.1, 0.15) is 21.6 Å². The van der Waals surface area contributed by atoms with E-state index < -0.39 is 5.97 Å². The summed E-state index contributed by atoms with van der Waals surface area (Å²) < 4.78 is 7.94. The average molecular weight is 346 g/mol. The molecule has 0 fully saturated rings. The molecule has 7 heteroatoms. The highest BCUT2D eigenvalue weighted by atomic mass is 35.5. The SMILES string of the molecule is COC(=O)c1cc(C)nc2c1c(=O)n(Cc1ccccc1Cl)n2C. The number of aromatic nitrogens is 3. The van der Waals surface area contributed by atoms with E-state index in [1.54, 1.807) is 30.8 Å². The van der Waals surface area contributed by atoms with Gasteiger partial charge in [0.25, 0.3) is 5.56 Å². The monoisotopic (exact) mass is 345 g/mol. The molecule has 0 saturated heterocycles. The maximum Gasteiger partial charge on any atom is 0.338 e. The predicted molar refractivity (Wildman–Crippen MR) is 91.6 cm³/mol. The third kappa shape index (κ3) is 2.59. The van der Waals surface area contributed by atoms with Gasteiger partial charge in [-0.2, -0.15) is 0 Å². The quantitative estimate of drug-likeness (QED) is 0.684. The molecule has 0 atom stereocenters. The zero-order chi connectivity index (χ0) is 17.4. The lowest BCUT2D eigenvalue weighted by atomic mass is 10.1. The number of halogens is 1. The number of benzene rings is 1. The molecule has 1 aromatic carbocycles. The van der Waals surface area contributed by atoms with Gasteiger partial charge in [0.05, 0.1) is 19.2 Å². The summed E-state index contributed by atoms with van der Waals surface area (Å²) in [5.74, 6) is -0.557. The van der Waals surface area contributed by atoms with Gasteiger partial charge in [-0.15, -0.1) is 0 Å². The van der Waals surface area contributed by atoms with Crippen LogP contribution >= 0.6 is 11.6 Å². The lowest BCUT2D eigenvalue weighted by molar-refractivity contribution is 0.0602. The van der Waals surface area contributed by atoms with Crippen molar-refractivity contribution in [2.24, 2.45) is 7.05 Å². The van der Waals surface area contributed by atoms with Crippen LogP contribution in [0.2, 0.25) is 5.02 Å². The Balaban J connectivity index is 2.26. The fourth-order valence-electron chi connectivity index (χ4n) is 2.72. The minimum absolute atomic E-state index is 0.221. The Bertz CT molecular complexity index is 1000. The number of carbonyl (C=O) groups is 1. The van der Waals surface area contributed by atoms with Crippen LogP contribution < -0.4 is 5.56 Å². The Kier molecular flexibility index (Phi) is 4.15. The molecule has 0 bridgehead atoms. The standard InChI is InChI=1S/C17H16ClN3O3/c1-10-8-12(17(23)24-3)14-15(19-10)20(2)21(16(14)22)9-11-6-4-5-7-13(11)18/h4-8H,9H2,1-3H3. The maximum atomic E-state index is 12.9. The molecule has 2 heterocycles. The highest BCUT2D eigenvalue weighted by molar-refractivity contribution is 6.31. The van der Waals surface area contributed by atoms with Crippen LogP contribution in [0.4, 0.5) is 0 Å². The molecule has 2 aromatic heterocycles. The van der Waals surface area contributed by atoms with Crippen LogP contribution in [-0.4, -0.2) is 27.4 Å². The number of nitrogens with zero attached hydrogens (tertiary/aromatic N) is 3. The number of esters is 1. The number of methoxy groups -OCH3 is 1. The zero-order valence-corrected chi connectivity index (χ0v) is 14.3. The van der Waals surface area contributed by atoms with Gasteiger partial charge >= 0.3 is 5.97 Å². The highest BCUT2D eigenvalue weighted by Gasteiger charge is 2.21. The van der Waals surface area contributed by atoms with Gasteiger partial charge in [-0.25, -0.2) is 14.5 Å². The number of pyridine rings is 1. The molecule has 0 aliphatic carbocycles. The van der Waals surface area contributed by atoms with Gasteiger partial charge in [0.15, 0.2) is 5.65 Å². The van der Waals surface area contributed by atoms with Gasteiger partial charge in [0, 0.05) is 17.8 Å². The second-order valence-corrected chi connectivity index (χ2v) is 5.89. The lowest BCUT2D eigenvalue weighted by Gasteiger charge is -2.08. The van der Waals surface area contributed by atoms with Gasteiger partial charge in [-0.3, -0.25) is 9.48 Å². The van der Waals surface area contributed by atoms with Crippen molar-refractivity contribution >= 4 is 28.6 Å². The van der Waals surface area contributed by atoms with Crippen molar-refractivity contribution in [1.82, 2.24) is 14.3 Å². The smallest absolute Gasteiger partial charge is 0.338 e. The first kappa shape index (κ1) is 16.3. The van der Waals surface area contributed by atoms with Crippen molar-refractivity contribution in [2.75, 3.05) is 7.11 Å². The van der Waals surface area contributed by atoms with Gasteiger partial charge < -0.3 is 4.74 Å². The number of aryl methyl sites for hydroxylation is 2. The lowest BCUT2D eigenvalue weighted by Crippen LogP contribution is -2.22. The highest BCUT2D eigenvalue weighted by Crippen LogP contribution is 2.19. The van der Waals surface area contributed by atoms with Crippen LogP contribution in [0.5, 0.6) is 0 Å². The predicted octanol–water partition coefficient (Wildman–Crippen LogP) is 2.53. The number of hydrogen-bond acceptors (Lipinski definition) is 4. The molecular formula is C17H16ClN3O3. The Labute approximate surface area is 143 Å². The molecule has 0 amide bonds. The number of fused-ring (bicyclic) bond motifs is 1. The van der Waals surface area contributed by atoms with Crippen LogP contribution in [0, 0.1) is 6.92 Å². The summed E-state index contributed by atoms with van der Waals surface area (Å²) >= 11 is 6.19. The molecule has 6 nitrogen and oxygen atoms in total. The van der Waals surface area contributed by atoms with Crippen LogP contribution in [0.25, 0.3) is 11.0 Å². The van der Waals surface area contributed by atoms with Crippen molar-refractivity contribution in [3.63, 3.8) is 0 Å². The van der Waals surface area contributed by atoms with Crippen molar-refractivity contribution in [3.05, 3.63) is 62.5 Å². The molecule has 3 rings (SSSR count).